The minimum Gasteiger partial charge on any atom is -0.330 e. The molecule has 0 unspecified atom stereocenters. The fraction of sp³-hybridized carbons (Fsp3) is 0.500. The molecule has 2 N–H and O–H groups in total. The molecule has 0 aromatic heterocycles. The lowest BCUT2D eigenvalue weighted by Gasteiger charge is -2.20. The van der Waals surface area contributed by atoms with Gasteiger partial charge in [-0.1, -0.05) is 6.07 Å². The van der Waals surface area contributed by atoms with Crippen LogP contribution in [0.3, 0.4) is 0 Å². The number of rotatable bonds is 5. The predicted molar refractivity (Wildman–Crippen MR) is 71.8 cm³/mol. The maximum Gasteiger partial charge on any atom is 0.234 e. The fourth-order valence-electron chi connectivity index (χ4n) is 1.70. The maximum absolute atomic E-state index is 12.0. The summed E-state index contributed by atoms with van der Waals surface area (Å²) < 4.78 is 25.3. The van der Waals surface area contributed by atoms with E-state index >= 15 is 0 Å². The van der Waals surface area contributed by atoms with Gasteiger partial charge >= 0.3 is 0 Å². The van der Waals surface area contributed by atoms with E-state index in [0.717, 1.165) is 11.1 Å². The summed E-state index contributed by atoms with van der Waals surface area (Å²) in [4.78, 5) is 0. The summed E-state index contributed by atoms with van der Waals surface area (Å²) in [5.41, 5.74) is 8.16. The molecule has 0 fully saturated rings. The van der Waals surface area contributed by atoms with Crippen LogP contribution in [0.4, 0.5) is 5.69 Å². The van der Waals surface area contributed by atoms with Gasteiger partial charge in [0, 0.05) is 7.05 Å². The quantitative estimate of drug-likeness (QED) is 0.866. The van der Waals surface area contributed by atoms with Crippen molar-refractivity contribution < 1.29 is 8.42 Å². The largest absolute Gasteiger partial charge is 0.330 e. The van der Waals surface area contributed by atoms with E-state index in [1.807, 2.05) is 32.0 Å². The summed E-state index contributed by atoms with van der Waals surface area (Å²) in [6.45, 7) is 4.30. The van der Waals surface area contributed by atoms with Crippen molar-refractivity contribution in [2.75, 3.05) is 23.7 Å². The first kappa shape index (κ1) is 14.0. The van der Waals surface area contributed by atoms with E-state index in [2.05, 4.69) is 0 Å². The Bertz CT molecular complexity index is 463. The van der Waals surface area contributed by atoms with Crippen LogP contribution in [0.15, 0.2) is 18.2 Å². The van der Waals surface area contributed by atoms with Gasteiger partial charge in [0.2, 0.25) is 10.0 Å². The average molecular weight is 256 g/mol. The Balaban J connectivity index is 2.99. The Kier molecular flexibility index (Phi) is 4.54. The van der Waals surface area contributed by atoms with Gasteiger partial charge in [0.25, 0.3) is 0 Å². The molecule has 0 aliphatic heterocycles. The van der Waals surface area contributed by atoms with E-state index in [-0.39, 0.29) is 5.75 Å². The molecule has 0 bridgehead atoms. The van der Waals surface area contributed by atoms with E-state index in [4.69, 9.17) is 5.73 Å². The van der Waals surface area contributed by atoms with Crippen LogP contribution in [0.2, 0.25) is 0 Å². The van der Waals surface area contributed by atoms with Crippen molar-refractivity contribution in [2.24, 2.45) is 5.73 Å². The predicted octanol–water partition coefficient (Wildman–Crippen LogP) is 1.42. The molecule has 0 heterocycles. The molecule has 0 aliphatic carbocycles. The Morgan fingerprint density at radius 3 is 2.18 bits per heavy atom. The van der Waals surface area contributed by atoms with Gasteiger partial charge in [-0.2, -0.15) is 0 Å². The van der Waals surface area contributed by atoms with Crippen LogP contribution in [-0.4, -0.2) is 27.8 Å². The first-order valence-corrected chi connectivity index (χ1v) is 7.22. The van der Waals surface area contributed by atoms with Crippen molar-refractivity contribution in [3.63, 3.8) is 0 Å². The average Bonchev–Trinajstić information content (AvgIpc) is 2.24. The SMILES string of the molecule is Cc1cc(C)cc(N(C)S(=O)(=O)CCCN)c1. The molecule has 0 atom stereocenters. The van der Waals surface area contributed by atoms with Gasteiger partial charge in [-0.05, 0) is 50.1 Å². The molecular formula is C12H20N2O2S. The van der Waals surface area contributed by atoms with E-state index in [9.17, 15) is 8.42 Å². The molecule has 4 nitrogen and oxygen atoms in total. The van der Waals surface area contributed by atoms with Crippen LogP contribution in [0.5, 0.6) is 0 Å². The Hall–Kier alpha value is -1.07. The maximum atomic E-state index is 12.0. The lowest BCUT2D eigenvalue weighted by molar-refractivity contribution is 0.592. The molecule has 0 saturated carbocycles. The molecule has 1 aromatic rings. The van der Waals surface area contributed by atoms with Crippen LogP contribution in [0, 0.1) is 13.8 Å². The molecule has 96 valence electrons. The molecular weight excluding hydrogens is 236 g/mol. The van der Waals surface area contributed by atoms with Gasteiger partial charge in [0.05, 0.1) is 11.4 Å². The highest BCUT2D eigenvalue weighted by molar-refractivity contribution is 7.92. The summed E-state index contributed by atoms with van der Waals surface area (Å²) in [6, 6.07) is 5.75. The number of sulfonamides is 1. The lowest BCUT2D eigenvalue weighted by Crippen LogP contribution is -2.30. The highest BCUT2D eigenvalue weighted by atomic mass is 32.2. The summed E-state index contributed by atoms with van der Waals surface area (Å²) >= 11 is 0. The summed E-state index contributed by atoms with van der Waals surface area (Å²) in [5, 5.41) is 0. The summed E-state index contributed by atoms with van der Waals surface area (Å²) in [5.74, 6) is 0.0903. The third-order valence-electron chi connectivity index (χ3n) is 2.59. The topological polar surface area (TPSA) is 63.4 Å². The monoisotopic (exact) mass is 256 g/mol. The van der Waals surface area contributed by atoms with Gasteiger partial charge in [-0.25, -0.2) is 8.42 Å². The first-order chi connectivity index (χ1) is 7.86. The van der Waals surface area contributed by atoms with Crippen LogP contribution in [0.25, 0.3) is 0 Å². The third-order valence-corrected chi connectivity index (χ3v) is 4.44. The Labute approximate surface area is 103 Å². The summed E-state index contributed by atoms with van der Waals surface area (Å²) in [7, 11) is -1.67. The molecule has 0 aliphatic rings. The smallest absolute Gasteiger partial charge is 0.234 e. The standard InChI is InChI=1S/C12H20N2O2S/c1-10-7-11(2)9-12(8-10)14(3)17(15,16)6-4-5-13/h7-9H,4-6,13H2,1-3H3. The first-order valence-electron chi connectivity index (χ1n) is 5.62. The molecule has 0 spiro atoms. The van der Waals surface area contributed by atoms with E-state index in [0.29, 0.717) is 18.7 Å². The second-order valence-electron chi connectivity index (χ2n) is 4.27. The minimum atomic E-state index is -3.26. The van der Waals surface area contributed by atoms with Gasteiger partial charge in [-0.3, -0.25) is 4.31 Å². The van der Waals surface area contributed by atoms with Crippen molar-refractivity contribution in [3.05, 3.63) is 29.3 Å². The van der Waals surface area contributed by atoms with Gasteiger partial charge < -0.3 is 5.73 Å². The molecule has 0 amide bonds. The van der Waals surface area contributed by atoms with Crippen molar-refractivity contribution >= 4 is 15.7 Å². The highest BCUT2D eigenvalue weighted by Crippen LogP contribution is 2.20. The van der Waals surface area contributed by atoms with Crippen LogP contribution in [0.1, 0.15) is 17.5 Å². The van der Waals surface area contributed by atoms with Crippen molar-refractivity contribution in [3.8, 4) is 0 Å². The van der Waals surface area contributed by atoms with Crippen LogP contribution >= 0.6 is 0 Å². The number of anilines is 1. The van der Waals surface area contributed by atoms with Gasteiger partial charge in [0.15, 0.2) is 0 Å². The number of aryl methyl sites for hydroxylation is 2. The molecule has 17 heavy (non-hydrogen) atoms. The molecule has 5 heteroatoms. The van der Waals surface area contributed by atoms with Crippen LogP contribution in [-0.2, 0) is 10.0 Å². The number of nitrogens with two attached hydrogens (primary N) is 1. The summed E-state index contributed by atoms with van der Waals surface area (Å²) in [6.07, 6.45) is 0.484. The lowest BCUT2D eigenvalue weighted by atomic mass is 10.1. The second kappa shape index (κ2) is 5.51. The zero-order valence-electron chi connectivity index (χ0n) is 10.6. The Morgan fingerprint density at radius 2 is 1.71 bits per heavy atom. The van der Waals surface area contributed by atoms with E-state index in [1.165, 1.54) is 4.31 Å². The van der Waals surface area contributed by atoms with Crippen molar-refractivity contribution in [1.82, 2.24) is 0 Å². The molecule has 0 saturated heterocycles. The van der Waals surface area contributed by atoms with E-state index in [1.54, 1.807) is 7.05 Å². The zero-order valence-corrected chi connectivity index (χ0v) is 11.4. The third kappa shape index (κ3) is 3.71. The number of hydrogen-bond acceptors (Lipinski definition) is 3. The Morgan fingerprint density at radius 1 is 1.18 bits per heavy atom. The zero-order chi connectivity index (χ0) is 13.1. The number of nitrogens with zero attached hydrogens (tertiary/aromatic N) is 1. The number of benzene rings is 1. The highest BCUT2D eigenvalue weighted by Gasteiger charge is 2.17. The van der Waals surface area contributed by atoms with Crippen molar-refractivity contribution in [2.45, 2.75) is 20.3 Å². The molecule has 1 rings (SSSR count). The van der Waals surface area contributed by atoms with E-state index < -0.39 is 10.0 Å². The molecule has 0 radical (unpaired) electrons. The fourth-order valence-corrected chi connectivity index (χ4v) is 2.93. The molecule has 1 aromatic carbocycles. The van der Waals surface area contributed by atoms with Gasteiger partial charge in [0.1, 0.15) is 0 Å². The number of hydrogen-bond donors (Lipinski definition) is 1. The van der Waals surface area contributed by atoms with Gasteiger partial charge in [-0.15, -0.1) is 0 Å². The normalized spacial score (nSPS) is 11.5. The van der Waals surface area contributed by atoms with Crippen molar-refractivity contribution in [1.29, 1.82) is 0 Å². The second-order valence-corrected chi connectivity index (χ2v) is 6.39. The van der Waals surface area contributed by atoms with Crippen LogP contribution < -0.4 is 10.0 Å². The minimum absolute atomic E-state index is 0.0903.